The summed E-state index contributed by atoms with van der Waals surface area (Å²) < 4.78 is 27.5. The van der Waals surface area contributed by atoms with E-state index >= 15 is 0 Å². The molecule has 110 valence electrons. The zero-order valence-corrected chi connectivity index (χ0v) is 11.9. The summed E-state index contributed by atoms with van der Waals surface area (Å²) >= 11 is 0. The topological polar surface area (TPSA) is 32.3 Å². The van der Waals surface area contributed by atoms with Crippen LogP contribution in [0.15, 0.2) is 12.1 Å². The van der Waals surface area contributed by atoms with Crippen molar-refractivity contribution in [2.45, 2.75) is 38.6 Å². The van der Waals surface area contributed by atoms with Gasteiger partial charge in [0.25, 0.3) is 5.91 Å². The average Bonchev–Trinajstić information content (AvgIpc) is 2.46. The van der Waals surface area contributed by atoms with Gasteiger partial charge in [0, 0.05) is 25.2 Å². The van der Waals surface area contributed by atoms with Gasteiger partial charge in [-0.1, -0.05) is 6.92 Å². The van der Waals surface area contributed by atoms with Gasteiger partial charge in [-0.15, -0.1) is 0 Å². The molecule has 3 nitrogen and oxygen atoms in total. The van der Waals surface area contributed by atoms with Gasteiger partial charge in [-0.2, -0.15) is 0 Å². The third-order valence-electron chi connectivity index (χ3n) is 3.90. The summed E-state index contributed by atoms with van der Waals surface area (Å²) in [7, 11) is 1.45. The number of amides is 1. The molecule has 1 heterocycles. The van der Waals surface area contributed by atoms with Gasteiger partial charge in [0.1, 0.15) is 17.3 Å². The van der Waals surface area contributed by atoms with Gasteiger partial charge in [-0.3, -0.25) is 4.79 Å². The molecule has 0 spiro atoms. The van der Waals surface area contributed by atoms with Crippen molar-refractivity contribution in [2.75, 3.05) is 18.9 Å². The lowest BCUT2D eigenvalue weighted by Crippen LogP contribution is -2.43. The number of benzene rings is 1. The van der Waals surface area contributed by atoms with Gasteiger partial charge in [-0.05, 0) is 37.8 Å². The number of carbonyl (C=O) groups excluding carboxylic acids is 1. The summed E-state index contributed by atoms with van der Waals surface area (Å²) in [5, 5.41) is 2.45. The predicted octanol–water partition coefficient (Wildman–Crippen LogP) is 3.41. The third-order valence-corrected chi connectivity index (χ3v) is 3.90. The highest BCUT2D eigenvalue weighted by Crippen LogP contribution is 2.25. The maximum Gasteiger partial charge on any atom is 0.254 e. The Kier molecular flexibility index (Phi) is 4.57. The lowest BCUT2D eigenvalue weighted by atomic mass is 9.98. The number of rotatable bonds is 3. The minimum Gasteiger partial charge on any atom is -0.383 e. The molecule has 1 amide bonds. The molecule has 5 heteroatoms. The van der Waals surface area contributed by atoms with Gasteiger partial charge in [0.05, 0.1) is 0 Å². The summed E-state index contributed by atoms with van der Waals surface area (Å²) in [5.74, 6) is -1.75. The highest BCUT2D eigenvalue weighted by atomic mass is 19.1. The Morgan fingerprint density at radius 1 is 1.35 bits per heavy atom. The Hall–Kier alpha value is -1.65. The van der Waals surface area contributed by atoms with Crippen LogP contribution in [-0.2, 0) is 0 Å². The largest absolute Gasteiger partial charge is 0.383 e. The molecule has 1 fully saturated rings. The van der Waals surface area contributed by atoms with Crippen molar-refractivity contribution in [3.05, 3.63) is 29.3 Å². The first kappa shape index (κ1) is 14.8. The molecular weight excluding hydrogens is 262 g/mol. The summed E-state index contributed by atoms with van der Waals surface area (Å²) in [6.45, 7) is 2.69. The molecule has 0 aromatic heterocycles. The van der Waals surface area contributed by atoms with Crippen molar-refractivity contribution in [3.8, 4) is 0 Å². The Morgan fingerprint density at radius 2 is 2.00 bits per heavy atom. The minimum absolute atomic E-state index is 0.0827. The van der Waals surface area contributed by atoms with E-state index in [2.05, 4.69) is 5.32 Å². The monoisotopic (exact) mass is 282 g/mol. The number of anilines is 1. The molecule has 1 atom stereocenters. The first-order chi connectivity index (χ1) is 9.58. The molecule has 0 saturated carbocycles. The summed E-state index contributed by atoms with van der Waals surface area (Å²) in [4.78, 5) is 14.2. The van der Waals surface area contributed by atoms with E-state index < -0.39 is 11.6 Å². The van der Waals surface area contributed by atoms with Crippen LogP contribution in [0.5, 0.6) is 0 Å². The van der Waals surface area contributed by atoms with Crippen LogP contribution < -0.4 is 5.32 Å². The molecule has 1 aliphatic rings. The Labute approximate surface area is 118 Å². The number of piperidine rings is 1. The van der Waals surface area contributed by atoms with Gasteiger partial charge in [0.2, 0.25) is 0 Å². The van der Waals surface area contributed by atoms with Crippen molar-refractivity contribution < 1.29 is 13.6 Å². The highest BCUT2D eigenvalue weighted by molar-refractivity contribution is 5.95. The van der Waals surface area contributed by atoms with Crippen molar-refractivity contribution >= 4 is 11.6 Å². The third kappa shape index (κ3) is 2.76. The van der Waals surface area contributed by atoms with Crippen LogP contribution in [0.25, 0.3) is 0 Å². The second-order valence-corrected chi connectivity index (χ2v) is 5.12. The van der Waals surface area contributed by atoms with Crippen molar-refractivity contribution in [1.82, 2.24) is 4.90 Å². The fourth-order valence-corrected chi connectivity index (χ4v) is 2.79. The van der Waals surface area contributed by atoms with E-state index in [1.54, 1.807) is 4.90 Å². The van der Waals surface area contributed by atoms with Crippen LogP contribution in [-0.4, -0.2) is 30.4 Å². The average molecular weight is 282 g/mol. The zero-order valence-electron chi connectivity index (χ0n) is 11.9. The van der Waals surface area contributed by atoms with E-state index in [0.717, 1.165) is 37.8 Å². The summed E-state index contributed by atoms with van der Waals surface area (Å²) in [5.41, 5.74) is -0.119. The molecule has 0 radical (unpaired) electrons. The Bertz CT molecular complexity index is 482. The van der Waals surface area contributed by atoms with Gasteiger partial charge < -0.3 is 10.2 Å². The van der Waals surface area contributed by atoms with E-state index in [1.807, 2.05) is 6.92 Å². The molecule has 0 bridgehead atoms. The standard InChI is InChI=1S/C15H20F2N2O/c1-3-11-6-4-5-7-19(11)15(20)10-8-12(16)14(18-2)13(17)9-10/h8-9,11,18H,3-7H2,1-2H3. The number of hydrogen-bond acceptors (Lipinski definition) is 2. The van der Waals surface area contributed by atoms with Crippen molar-refractivity contribution in [1.29, 1.82) is 0 Å². The van der Waals surface area contributed by atoms with Crippen LogP contribution in [0.3, 0.4) is 0 Å². The maximum atomic E-state index is 13.7. The summed E-state index contributed by atoms with van der Waals surface area (Å²) in [6, 6.07) is 2.39. The predicted molar refractivity (Wildman–Crippen MR) is 74.9 cm³/mol. The maximum absolute atomic E-state index is 13.7. The zero-order chi connectivity index (χ0) is 14.7. The van der Waals surface area contributed by atoms with E-state index in [9.17, 15) is 13.6 Å². The smallest absolute Gasteiger partial charge is 0.254 e. The molecule has 1 saturated heterocycles. The SMILES string of the molecule is CCC1CCCCN1C(=O)c1cc(F)c(NC)c(F)c1. The fourth-order valence-electron chi connectivity index (χ4n) is 2.79. The van der Waals surface area contributed by atoms with E-state index in [1.165, 1.54) is 7.05 Å². The lowest BCUT2D eigenvalue weighted by molar-refractivity contribution is 0.0607. The van der Waals surface area contributed by atoms with Crippen molar-refractivity contribution in [3.63, 3.8) is 0 Å². The number of hydrogen-bond donors (Lipinski definition) is 1. The number of nitrogens with zero attached hydrogens (tertiary/aromatic N) is 1. The Morgan fingerprint density at radius 3 is 2.55 bits per heavy atom. The molecule has 1 unspecified atom stereocenters. The van der Waals surface area contributed by atoms with E-state index in [4.69, 9.17) is 0 Å². The fraction of sp³-hybridized carbons (Fsp3) is 0.533. The number of likely N-dealkylation sites (tertiary alicyclic amines) is 1. The highest BCUT2D eigenvalue weighted by Gasteiger charge is 2.27. The normalized spacial score (nSPS) is 19.0. The second-order valence-electron chi connectivity index (χ2n) is 5.12. The van der Waals surface area contributed by atoms with E-state index in [-0.39, 0.29) is 23.2 Å². The Balaban J connectivity index is 2.28. The number of halogens is 2. The molecule has 1 aromatic rings. The lowest BCUT2D eigenvalue weighted by Gasteiger charge is -2.35. The molecule has 1 aromatic carbocycles. The minimum atomic E-state index is -0.735. The molecule has 2 rings (SSSR count). The molecular formula is C15H20F2N2O. The molecule has 1 aliphatic heterocycles. The first-order valence-electron chi connectivity index (χ1n) is 7.06. The van der Waals surface area contributed by atoms with Gasteiger partial charge in [0.15, 0.2) is 0 Å². The molecule has 0 aliphatic carbocycles. The van der Waals surface area contributed by atoms with Gasteiger partial charge in [-0.25, -0.2) is 8.78 Å². The second kappa shape index (κ2) is 6.20. The van der Waals surface area contributed by atoms with Gasteiger partial charge >= 0.3 is 0 Å². The van der Waals surface area contributed by atoms with Crippen LogP contribution in [0.4, 0.5) is 14.5 Å². The molecule has 20 heavy (non-hydrogen) atoms. The van der Waals surface area contributed by atoms with Crippen LogP contribution in [0.2, 0.25) is 0 Å². The van der Waals surface area contributed by atoms with E-state index in [0.29, 0.717) is 6.54 Å². The first-order valence-corrected chi connectivity index (χ1v) is 7.06. The number of nitrogens with one attached hydrogen (secondary N) is 1. The van der Waals surface area contributed by atoms with Crippen LogP contribution in [0.1, 0.15) is 43.0 Å². The summed E-state index contributed by atoms with van der Waals surface area (Å²) in [6.07, 6.45) is 3.87. The quantitative estimate of drug-likeness (QED) is 0.921. The molecule has 1 N–H and O–H groups in total. The van der Waals surface area contributed by atoms with Crippen molar-refractivity contribution in [2.24, 2.45) is 0 Å². The van der Waals surface area contributed by atoms with Crippen LogP contribution in [0, 0.1) is 11.6 Å². The number of carbonyl (C=O) groups is 1. The van der Waals surface area contributed by atoms with Crippen LogP contribution >= 0.6 is 0 Å².